The number of Topliss-reactive ketones (excluding diaryl/α,β-unsaturated/α-hetero) is 1. The number of benzene rings is 1. The molecule has 0 aliphatic rings. The van der Waals surface area contributed by atoms with E-state index in [4.69, 9.17) is 10.5 Å². The predicted octanol–water partition coefficient (Wildman–Crippen LogP) is 1.79. The monoisotopic (exact) mass is 179 g/mol. The number of nitrogen functional groups attached to an aromatic ring is 1. The van der Waals surface area contributed by atoms with Crippen molar-refractivity contribution >= 4 is 11.5 Å². The maximum Gasteiger partial charge on any atom is 0.163 e. The van der Waals surface area contributed by atoms with Crippen LogP contribution in [0.15, 0.2) is 12.1 Å². The summed E-state index contributed by atoms with van der Waals surface area (Å²) >= 11 is 0. The van der Waals surface area contributed by atoms with Gasteiger partial charge in [-0.05, 0) is 31.5 Å². The molecule has 0 fully saturated rings. The average Bonchev–Trinajstić information content (AvgIpc) is 2.08. The van der Waals surface area contributed by atoms with Crippen molar-refractivity contribution in [1.29, 1.82) is 0 Å². The largest absolute Gasteiger partial charge is 0.496 e. The van der Waals surface area contributed by atoms with Gasteiger partial charge in [-0.25, -0.2) is 0 Å². The summed E-state index contributed by atoms with van der Waals surface area (Å²) in [5.41, 5.74) is 7.65. The van der Waals surface area contributed by atoms with Crippen molar-refractivity contribution < 1.29 is 9.53 Å². The van der Waals surface area contributed by atoms with Gasteiger partial charge in [-0.15, -0.1) is 0 Å². The normalized spacial score (nSPS) is 9.77. The zero-order valence-electron chi connectivity index (χ0n) is 8.05. The molecule has 70 valence electrons. The molecular weight excluding hydrogens is 166 g/mol. The highest BCUT2D eigenvalue weighted by molar-refractivity contribution is 5.99. The van der Waals surface area contributed by atoms with E-state index in [1.807, 2.05) is 6.92 Å². The van der Waals surface area contributed by atoms with Crippen LogP contribution in [0.5, 0.6) is 5.75 Å². The molecule has 0 amide bonds. The van der Waals surface area contributed by atoms with E-state index in [-0.39, 0.29) is 5.78 Å². The van der Waals surface area contributed by atoms with E-state index in [1.165, 1.54) is 14.0 Å². The van der Waals surface area contributed by atoms with Crippen LogP contribution in [0.1, 0.15) is 22.8 Å². The zero-order chi connectivity index (χ0) is 10.0. The maximum absolute atomic E-state index is 11.3. The van der Waals surface area contributed by atoms with Crippen LogP contribution in [0.3, 0.4) is 0 Å². The van der Waals surface area contributed by atoms with Gasteiger partial charge in [-0.3, -0.25) is 4.79 Å². The fourth-order valence-corrected chi connectivity index (χ4v) is 1.31. The zero-order valence-corrected chi connectivity index (χ0v) is 8.05. The van der Waals surface area contributed by atoms with Crippen LogP contribution in [0, 0.1) is 6.92 Å². The maximum atomic E-state index is 11.3. The summed E-state index contributed by atoms with van der Waals surface area (Å²) in [7, 11) is 1.54. The number of methoxy groups -OCH3 is 1. The van der Waals surface area contributed by atoms with Crippen molar-refractivity contribution in [3.8, 4) is 5.75 Å². The van der Waals surface area contributed by atoms with Gasteiger partial charge in [0.2, 0.25) is 0 Å². The van der Waals surface area contributed by atoms with Crippen molar-refractivity contribution in [3.63, 3.8) is 0 Å². The Morgan fingerprint density at radius 3 is 2.54 bits per heavy atom. The number of rotatable bonds is 2. The molecule has 2 N–H and O–H groups in total. The van der Waals surface area contributed by atoms with Crippen LogP contribution < -0.4 is 10.5 Å². The summed E-state index contributed by atoms with van der Waals surface area (Å²) < 4.78 is 5.07. The Morgan fingerprint density at radius 1 is 1.46 bits per heavy atom. The molecule has 0 atom stereocenters. The first-order valence-corrected chi connectivity index (χ1v) is 4.02. The molecule has 13 heavy (non-hydrogen) atoms. The number of ketones is 1. The third kappa shape index (κ3) is 1.64. The average molecular weight is 179 g/mol. The summed E-state index contributed by atoms with van der Waals surface area (Å²) in [6.07, 6.45) is 0. The van der Waals surface area contributed by atoms with E-state index in [0.29, 0.717) is 17.0 Å². The number of hydrogen-bond donors (Lipinski definition) is 1. The summed E-state index contributed by atoms with van der Waals surface area (Å²) in [4.78, 5) is 11.3. The smallest absolute Gasteiger partial charge is 0.163 e. The van der Waals surface area contributed by atoms with Gasteiger partial charge in [0.05, 0.1) is 12.7 Å². The van der Waals surface area contributed by atoms with Crippen LogP contribution in [-0.2, 0) is 0 Å². The molecule has 1 rings (SSSR count). The van der Waals surface area contributed by atoms with Crippen molar-refractivity contribution in [3.05, 3.63) is 23.3 Å². The molecule has 0 heterocycles. The van der Waals surface area contributed by atoms with Crippen LogP contribution in [0.2, 0.25) is 0 Å². The molecule has 0 radical (unpaired) electrons. The molecule has 0 saturated carbocycles. The van der Waals surface area contributed by atoms with Crippen molar-refractivity contribution in [2.45, 2.75) is 13.8 Å². The second-order valence-corrected chi connectivity index (χ2v) is 2.91. The third-order valence-corrected chi connectivity index (χ3v) is 2.04. The molecule has 0 unspecified atom stereocenters. The molecule has 0 aliphatic carbocycles. The van der Waals surface area contributed by atoms with Crippen molar-refractivity contribution in [1.82, 2.24) is 0 Å². The van der Waals surface area contributed by atoms with Crippen molar-refractivity contribution in [2.75, 3.05) is 12.8 Å². The molecule has 0 spiro atoms. The fourth-order valence-electron chi connectivity index (χ4n) is 1.31. The highest BCUT2D eigenvalue weighted by Crippen LogP contribution is 2.26. The van der Waals surface area contributed by atoms with E-state index in [0.717, 1.165) is 5.56 Å². The predicted molar refractivity (Wildman–Crippen MR) is 52.1 cm³/mol. The summed E-state index contributed by atoms with van der Waals surface area (Å²) in [6, 6.07) is 3.44. The lowest BCUT2D eigenvalue weighted by molar-refractivity contribution is 0.101. The Bertz CT molecular complexity index is 345. The Kier molecular flexibility index (Phi) is 2.56. The molecule has 1 aromatic rings. The topological polar surface area (TPSA) is 52.3 Å². The first-order valence-electron chi connectivity index (χ1n) is 4.02. The minimum Gasteiger partial charge on any atom is -0.496 e. The van der Waals surface area contributed by atoms with Crippen LogP contribution in [-0.4, -0.2) is 12.9 Å². The molecule has 3 heteroatoms. The Labute approximate surface area is 77.5 Å². The molecule has 3 nitrogen and oxygen atoms in total. The van der Waals surface area contributed by atoms with Gasteiger partial charge in [-0.2, -0.15) is 0 Å². The Balaban J connectivity index is 3.41. The lowest BCUT2D eigenvalue weighted by Gasteiger charge is -2.10. The number of nitrogens with two attached hydrogens (primary N) is 1. The standard InChI is InChI=1S/C10H13NO2/c1-6-8(11)4-5-9(13-3)10(6)7(2)12/h4-5H,11H2,1-3H3. The molecule has 0 aromatic heterocycles. The Morgan fingerprint density at radius 2 is 2.08 bits per heavy atom. The van der Waals surface area contributed by atoms with E-state index in [2.05, 4.69) is 0 Å². The molecule has 0 aliphatic heterocycles. The SMILES string of the molecule is COc1ccc(N)c(C)c1C(C)=O. The number of anilines is 1. The van der Waals surface area contributed by atoms with E-state index >= 15 is 0 Å². The first kappa shape index (κ1) is 9.58. The van der Waals surface area contributed by atoms with Gasteiger partial charge >= 0.3 is 0 Å². The second kappa shape index (κ2) is 3.47. The second-order valence-electron chi connectivity index (χ2n) is 2.91. The fraction of sp³-hybridized carbons (Fsp3) is 0.300. The minimum atomic E-state index is -0.0262. The minimum absolute atomic E-state index is 0.0262. The molecule has 1 aromatic carbocycles. The molecule has 0 saturated heterocycles. The Hall–Kier alpha value is -1.51. The van der Waals surface area contributed by atoms with Crippen LogP contribution in [0.25, 0.3) is 0 Å². The van der Waals surface area contributed by atoms with Gasteiger partial charge in [0.1, 0.15) is 5.75 Å². The van der Waals surface area contributed by atoms with E-state index in [9.17, 15) is 4.79 Å². The molecular formula is C10H13NO2. The van der Waals surface area contributed by atoms with Gasteiger partial charge in [-0.1, -0.05) is 0 Å². The van der Waals surface area contributed by atoms with Crippen molar-refractivity contribution in [2.24, 2.45) is 0 Å². The summed E-state index contributed by atoms with van der Waals surface area (Å²) in [6.45, 7) is 3.32. The number of hydrogen-bond acceptors (Lipinski definition) is 3. The quantitative estimate of drug-likeness (QED) is 0.556. The highest BCUT2D eigenvalue weighted by atomic mass is 16.5. The van der Waals surface area contributed by atoms with Gasteiger partial charge in [0.15, 0.2) is 5.78 Å². The lowest BCUT2D eigenvalue weighted by Crippen LogP contribution is -2.03. The van der Waals surface area contributed by atoms with Gasteiger partial charge in [0, 0.05) is 5.69 Å². The first-order chi connectivity index (χ1) is 6.07. The van der Waals surface area contributed by atoms with Gasteiger partial charge < -0.3 is 10.5 Å². The summed E-state index contributed by atoms with van der Waals surface area (Å²) in [5, 5.41) is 0. The van der Waals surface area contributed by atoms with Gasteiger partial charge in [0.25, 0.3) is 0 Å². The number of ether oxygens (including phenoxy) is 1. The van der Waals surface area contributed by atoms with E-state index in [1.54, 1.807) is 12.1 Å². The highest BCUT2D eigenvalue weighted by Gasteiger charge is 2.12. The van der Waals surface area contributed by atoms with E-state index < -0.39 is 0 Å². The molecule has 0 bridgehead atoms. The lowest BCUT2D eigenvalue weighted by atomic mass is 10.0. The number of carbonyl (C=O) groups is 1. The van der Waals surface area contributed by atoms with Crippen LogP contribution >= 0.6 is 0 Å². The number of carbonyl (C=O) groups excluding carboxylic acids is 1. The van der Waals surface area contributed by atoms with Crippen LogP contribution in [0.4, 0.5) is 5.69 Å². The third-order valence-electron chi connectivity index (χ3n) is 2.04. The summed E-state index contributed by atoms with van der Waals surface area (Å²) in [5.74, 6) is 0.556.